The molecular formula is C19H19FN4O3S. The second-order valence-electron chi connectivity index (χ2n) is 6.22. The lowest BCUT2D eigenvalue weighted by molar-refractivity contribution is -0.119. The van der Waals surface area contributed by atoms with Gasteiger partial charge in [-0.3, -0.25) is 14.9 Å². The molecule has 2 amide bonds. The Balaban J connectivity index is 1.71. The van der Waals surface area contributed by atoms with Crippen molar-refractivity contribution in [2.24, 2.45) is 5.92 Å². The van der Waals surface area contributed by atoms with Gasteiger partial charge in [-0.2, -0.15) is 0 Å². The number of aromatic nitrogens is 2. The molecule has 3 aromatic rings. The average Bonchev–Trinajstić information content (AvgIpc) is 3.38. The normalized spacial score (nSPS) is 13.0. The van der Waals surface area contributed by atoms with Crippen LogP contribution in [-0.2, 0) is 4.79 Å². The van der Waals surface area contributed by atoms with Gasteiger partial charge in [-0.1, -0.05) is 31.6 Å². The van der Waals surface area contributed by atoms with E-state index in [4.69, 9.17) is 4.42 Å². The van der Waals surface area contributed by atoms with E-state index < -0.39 is 17.9 Å². The molecule has 7 nitrogen and oxygen atoms in total. The molecule has 2 atom stereocenters. The van der Waals surface area contributed by atoms with Crippen molar-refractivity contribution < 1.29 is 18.4 Å². The molecule has 2 aromatic heterocycles. The van der Waals surface area contributed by atoms with Crippen molar-refractivity contribution in [3.05, 3.63) is 54.2 Å². The molecule has 1 aromatic carbocycles. The van der Waals surface area contributed by atoms with Crippen LogP contribution in [0.5, 0.6) is 0 Å². The number of rotatable bonds is 7. The second kappa shape index (κ2) is 8.75. The molecule has 0 aliphatic heterocycles. The molecule has 3 rings (SSSR count). The number of amides is 2. The molecular weight excluding hydrogens is 383 g/mol. The fourth-order valence-electron chi connectivity index (χ4n) is 2.49. The van der Waals surface area contributed by atoms with Crippen LogP contribution in [0.1, 0.15) is 30.8 Å². The number of hydrogen-bond acceptors (Lipinski definition) is 6. The number of halogens is 1. The Kier molecular flexibility index (Phi) is 6.15. The number of furan rings is 1. The van der Waals surface area contributed by atoms with E-state index in [0.717, 1.165) is 0 Å². The van der Waals surface area contributed by atoms with E-state index in [9.17, 15) is 14.0 Å². The summed E-state index contributed by atoms with van der Waals surface area (Å²) in [6.45, 7) is 3.80. The summed E-state index contributed by atoms with van der Waals surface area (Å²) in [5, 5.41) is 14.2. The van der Waals surface area contributed by atoms with Crippen molar-refractivity contribution in [1.82, 2.24) is 15.5 Å². The van der Waals surface area contributed by atoms with Gasteiger partial charge in [-0.05, 0) is 42.3 Å². The maximum Gasteiger partial charge on any atom is 0.287 e. The van der Waals surface area contributed by atoms with Crippen molar-refractivity contribution in [1.29, 1.82) is 0 Å². The van der Waals surface area contributed by atoms with E-state index in [-0.39, 0.29) is 17.5 Å². The van der Waals surface area contributed by atoms with E-state index in [0.29, 0.717) is 22.1 Å². The van der Waals surface area contributed by atoms with E-state index in [1.165, 1.54) is 35.8 Å². The Morgan fingerprint density at radius 1 is 1.21 bits per heavy atom. The Bertz CT molecular complexity index is 941. The summed E-state index contributed by atoms with van der Waals surface area (Å²) in [5.41, 5.74) is 0.698. The Labute approximate surface area is 165 Å². The minimum atomic E-state index is -0.763. The first-order valence-corrected chi connectivity index (χ1v) is 9.54. The van der Waals surface area contributed by atoms with Crippen LogP contribution in [0.3, 0.4) is 0 Å². The number of carbonyl (C=O) groups is 2. The zero-order valence-corrected chi connectivity index (χ0v) is 16.1. The summed E-state index contributed by atoms with van der Waals surface area (Å²) in [5.74, 6) is -1.17. The molecule has 0 saturated carbocycles. The standard InChI is InChI=1S/C19H19FN4O3S/c1-3-11(2)15(21-16(25)14-5-4-10-27-14)17(26)22-19-24-23-18(28-19)12-6-8-13(20)9-7-12/h4-11,15H,3H2,1-2H3,(H,21,25)(H,22,24,26)/t11-,15+/m0/s1. The first-order chi connectivity index (χ1) is 13.5. The summed E-state index contributed by atoms with van der Waals surface area (Å²) in [7, 11) is 0. The van der Waals surface area contributed by atoms with Crippen molar-refractivity contribution in [3.63, 3.8) is 0 Å². The summed E-state index contributed by atoms with van der Waals surface area (Å²) < 4.78 is 18.1. The number of hydrogen-bond donors (Lipinski definition) is 2. The maximum atomic E-state index is 13.1. The monoisotopic (exact) mass is 402 g/mol. The Morgan fingerprint density at radius 2 is 1.96 bits per heavy atom. The van der Waals surface area contributed by atoms with Gasteiger partial charge in [0.05, 0.1) is 6.26 Å². The van der Waals surface area contributed by atoms with Gasteiger partial charge in [0, 0.05) is 5.56 Å². The molecule has 0 bridgehead atoms. The first kappa shape index (κ1) is 19.7. The lowest BCUT2D eigenvalue weighted by atomic mass is 9.98. The van der Waals surface area contributed by atoms with Gasteiger partial charge >= 0.3 is 0 Å². The highest BCUT2D eigenvalue weighted by Gasteiger charge is 2.28. The number of anilines is 1. The molecule has 0 radical (unpaired) electrons. The van der Waals surface area contributed by atoms with Gasteiger partial charge in [0.25, 0.3) is 5.91 Å². The van der Waals surface area contributed by atoms with Crippen LogP contribution in [0.15, 0.2) is 47.1 Å². The average molecular weight is 402 g/mol. The SMILES string of the molecule is CC[C@H](C)[C@@H](NC(=O)c1ccco1)C(=O)Nc1nnc(-c2ccc(F)cc2)s1. The highest BCUT2D eigenvalue weighted by atomic mass is 32.1. The largest absolute Gasteiger partial charge is 0.459 e. The predicted molar refractivity (Wildman–Crippen MR) is 103 cm³/mol. The van der Waals surface area contributed by atoms with E-state index in [1.807, 2.05) is 13.8 Å². The number of carbonyl (C=O) groups excluding carboxylic acids is 2. The molecule has 0 unspecified atom stereocenters. The van der Waals surface area contributed by atoms with Crippen LogP contribution < -0.4 is 10.6 Å². The lowest BCUT2D eigenvalue weighted by Crippen LogP contribution is -2.47. The van der Waals surface area contributed by atoms with Gasteiger partial charge < -0.3 is 9.73 Å². The minimum Gasteiger partial charge on any atom is -0.459 e. The Hall–Kier alpha value is -3.07. The van der Waals surface area contributed by atoms with Crippen LogP contribution in [0.4, 0.5) is 9.52 Å². The van der Waals surface area contributed by atoms with Gasteiger partial charge in [0.15, 0.2) is 5.76 Å². The van der Waals surface area contributed by atoms with Crippen molar-refractivity contribution in [2.75, 3.05) is 5.32 Å². The molecule has 0 aliphatic rings. The summed E-state index contributed by atoms with van der Waals surface area (Å²) >= 11 is 1.17. The number of benzene rings is 1. The second-order valence-corrected chi connectivity index (χ2v) is 7.20. The zero-order chi connectivity index (χ0) is 20.1. The highest BCUT2D eigenvalue weighted by Crippen LogP contribution is 2.26. The molecule has 146 valence electrons. The van der Waals surface area contributed by atoms with Crippen LogP contribution in [0.2, 0.25) is 0 Å². The van der Waals surface area contributed by atoms with E-state index >= 15 is 0 Å². The molecule has 0 fully saturated rings. The van der Waals surface area contributed by atoms with Crippen LogP contribution in [0, 0.1) is 11.7 Å². The third kappa shape index (κ3) is 4.61. The molecule has 2 N–H and O–H groups in total. The molecule has 0 spiro atoms. The summed E-state index contributed by atoms with van der Waals surface area (Å²) in [4.78, 5) is 25.0. The van der Waals surface area contributed by atoms with E-state index in [2.05, 4.69) is 20.8 Å². The van der Waals surface area contributed by atoms with Crippen molar-refractivity contribution in [3.8, 4) is 10.6 Å². The fraction of sp³-hybridized carbons (Fsp3) is 0.263. The predicted octanol–water partition coefficient (Wildman–Crippen LogP) is 3.72. The molecule has 2 heterocycles. The van der Waals surface area contributed by atoms with Crippen LogP contribution >= 0.6 is 11.3 Å². The third-order valence-corrected chi connectivity index (χ3v) is 5.16. The van der Waals surface area contributed by atoms with Crippen LogP contribution in [0.25, 0.3) is 10.6 Å². The number of nitrogens with zero attached hydrogens (tertiary/aromatic N) is 2. The Morgan fingerprint density at radius 3 is 2.61 bits per heavy atom. The lowest BCUT2D eigenvalue weighted by Gasteiger charge is -2.22. The van der Waals surface area contributed by atoms with Crippen molar-refractivity contribution in [2.45, 2.75) is 26.3 Å². The van der Waals surface area contributed by atoms with Gasteiger partial charge in [0.1, 0.15) is 16.9 Å². The maximum absolute atomic E-state index is 13.1. The van der Waals surface area contributed by atoms with E-state index in [1.54, 1.807) is 18.2 Å². The quantitative estimate of drug-likeness (QED) is 0.628. The highest BCUT2D eigenvalue weighted by molar-refractivity contribution is 7.18. The zero-order valence-electron chi connectivity index (χ0n) is 15.3. The van der Waals surface area contributed by atoms with Gasteiger partial charge in [-0.15, -0.1) is 10.2 Å². The molecule has 9 heteroatoms. The third-order valence-electron chi connectivity index (χ3n) is 4.27. The van der Waals surface area contributed by atoms with Gasteiger partial charge in [-0.25, -0.2) is 4.39 Å². The summed E-state index contributed by atoms with van der Waals surface area (Å²) in [6.07, 6.45) is 2.08. The molecule has 0 aliphatic carbocycles. The summed E-state index contributed by atoms with van der Waals surface area (Å²) in [6, 6.07) is 8.21. The van der Waals surface area contributed by atoms with Gasteiger partial charge in [0.2, 0.25) is 11.0 Å². The topological polar surface area (TPSA) is 97.1 Å². The molecule has 0 saturated heterocycles. The van der Waals surface area contributed by atoms with Crippen molar-refractivity contribution >= 4 is 28.3 Å². The minimum absolute atomic E-state index is 0.108. The van der Waals surface area contributed by atoms with Crippen LogP contribution in [-0.4, -0.2) is 28.1 Å². The number of nitrogens with one attached hydrogen (secondary N) is 2. The first-order valence-electron chi connectivity index (χ1n) is 8.72. The smallest absolute Gasteiger partial charge is 0.287 e. The fourth-order valence-corrected chi connectivity index (χ4v) is 3.24. The molecule has 28 heavy (non-hydrogen) atoms.